The maximum absolute atomic E-state index is 11.9. The van der Waals surface area contributed by atoms with E-state index in [0.29, 0.717) is 12.1 Å². The Morgan fingerprint density at radius 3 is 2.56 bits per heavy atom. The standard InChI is InChI=1S/C14H27N3O/c1-11(2)17-8-4-5-12(6-10-17)15-13-7-9-16(3)14(13)18/h11-13,15H,4-10H2,1-3H3. The molecule has 0 spiro atoms. The van der Waals surface area contributed by atoms with Crippen LogP contribution in [0.3, 0.4) is 0 Å². The Morgan fingerprint density at radius 2 is 1.94 bits per heavy atom. The van der Waals surface area contributed by atoms with Crippen molar-refractivity contribution in [3.8, 4) is 0 Å². The van der Waals surface area contributed by atoms with Gasteiger partial charge >= 0.3 is 0 Å². The first kappa shape index (κ1) is 13.8. The number of carbonyl (C=O) groups is 1. The van der Waals surface area contributed by atoms with Gasteiger partial charge in [0.1, 0.15) is 0 Å². The van der Waals surface area contributed by atoms with Crippen LogP contribution in [0, 0.1) is 0 Å². The van der Waals surface area contributed by atoms with Crippen molar-refractivity contribution in [2.24, 2.45) is 0 Å². The van der Waals surface area contributed by atoms with Gasteiger partial charge in [-0.3, -0.25) is 4.79 Å². The van der Waals surface area contributed by atoms with Crippen molar-refractivity contribution in [3.63, 3.8) is 0 Å². The molecule has 18 heavy (non-hydrogen) atoms. The molecule has 0 radical (unpaired) electrons. The maximum Gasteiger partial charge on any atom is 0.239 e. The van der Waals surface area contributed by atoms with Gasteiger partial charge in [-0.05, 0) is 52.6 Å². The van der Waals surface area contributed by atoms with Crippen LogP contribution in [-0.2, 0) is 4.79 Å². The summed E-state index contributed by atoms with van der Waals surface area (Å²) in [5, 5.41) is 3.58. The van der Waals surface area contributed by atoms with Crippen molar-refractivity contribution in [1.82, 2.24) is 15.1 Å². The van der Waals surface area contributed by atoms with Crippen molar-refractivity contribution in [3.05, 3.63) is 0 Å². The molecule has 104 valence electrons. The summed E-state index contributed by atoms with van der Waals surface area (Å²) in [4.78, 5) is 16.3. The average Bonchev–Trinajstić information content (AvgIpc) is 2.58. The molecule has 2 unspecified atom stereocenters. The first-order valence-corrected chi connectivity index (χ1v) is 7.33. The topological polar surface area (TPSA) is 35.6 Å². The molecule has 0 aromatic rings. The summed E-state index contributed by atoms with van der Waals surface area (Å²) in [6.07, 6.45) is 4.59. The van der Waals surface area contributed by atoms with Crippen molar-refractivity contribution in [2.75, 3.05) is 26.7 Å². The van der Waals surface area contributed by atoms with Crippen LogP contribution in [0.2, 0.25) is 0 Å². The van der Waals surface area contributed by atoms with Crippen LogP contribution in [-0.4, -0.2) is 60.5 Å². The molecule has 0 aliphatic carbocycles. The molecule has 2 atom stereocenters. The molecule has 0 aromatic carbocycles. The second-order valence-electron chi connectivity index (χ2n) is 6.03. The smallest absolute Gasteiger partial charge is 0.239 e. The number of nitrogens with one attached hydrogen (secondary N) is 1. The summed E-state index contributed by atoms with van der Waals surface area (Å²) in [6, 6.07) is 1.24. The number of nitrogens with zero attached hydrogens (tertiary/aromatic N) is 2. The SMILES string of the molecule is CC(C)N1CCCC(NC2CCN(C)C2=O)CC1. The predicted molar refractivity (Wildman–Crippen MR) is 73.5 cm³/mol. The van der Waals surface area contributed by atoms with E-state index < -0.39 is 0 Å². The van der Waals surface area contributed by atoms with Gasteiger partial charge in [-0.15, -0.1) is 0 Å². The Labute approximate surface area is 111 Å². The van der Waals surface area contributed by atoms with Crippen molar-refractivity contribution in [2.45, 2.75) is 57.7 Å². The number of hydrogen-bond donors (Lipinski definition) is 1. The molecular weight excluding hydrogens is 226 g/mol. The fraction of sp³-hybridized carbons (Fsp3) is 0.929. The third-order valence-corrected chi connectivity index (χ3v) is 4.36. The first-order chi connectivity index (χ1) is 8.58. The number of likely N-dealkylation sites (N-methyl/N-ethyl adjacent to an activating group) is 1. The van der Waals surface area contributed by atoms with E-state index in [2.05, 4.69) is 24.1 Å². The summed E-state index contributed by atoms with van der Waals surface area (Å²) in [6.45, 7) is 7.80. The summed E-state index contributed by atoms with van der Waals surface area (Å²) >= 11 is 0. The van der Waals surface area contributed by atoms with Gasteiger partial charge in [0.25, 0.3) is 0 Å². The third-order valence-electron chi connectivity index (χ3n) is 4.36. The minimum atomic E-state index is 0.0746. The molecule has 2 aliphatic heterocycles. The quantitative estimate of drug-likeness (QED) is 0.817. The van der Waals surface area contributed by atoms with E-state index in [0.717, 1.165) is 19.5 Å². The van der Waals surface area contributed by atoms with E-state index in [-0.39, 0.29) is 11.9 Å². The lowest BCUT2D eigenvalue weighted by atomic mass is 10.1. The molecule has 2 heterocycles. The Kier molecular flexibility index (Phi) is 4.62. The molecule has 4 heteroatoms. The van der Waals surface area contributed by atoms with Gasteiger partial charge in [-0.2, -0.15) is 0 Å². The van der Waals surface area contributed by atoms with Crippen LogP contribution >= 0.6 is 0 Å². The summed E-state index contributed by atoms with van der Waals surface area (Å²) in [5.74, 6) is 0.278. The van der Waals surface area contributed by atoms with Crippen LogP contribution in [0.4, 0.5) is 0 Å². The molecule has 0 saturated carbocycles. The van der Waals surface area contributed by atoms with Gasteiger partial charge in [0.05, 0.1) is 6.04 Å². The van der Waals surface area contributed by atoms with Crippen molar-refractivity contribution >= 4 is 5.91 Å². The lowest BCUT2D eigenvalue weighted by molar-refractivity contribution is -0.128. The van der Waals surface area contributed by atoms with Gasteiger partial charge in [0.15, 0.2) is 0 Å². The molecule has 2 saturated heterocycles. The van der Waals surface area contributed by atoms with Gasteiger partial charge in [0.2, 0.25) is 5.91 Å². The molecule has 4 nitrogen and oxygen atoms in total. The lowest BCUT2D eigenvalue weighted by Gasteiger charge is -2.25. The van der Waals surface area contributed by atoms with E-state index >= 15 is 0 Å². The van der Waals surface area contributed by atoms with Crippen LogP contribution in [0.1, 0.15) is 39.5 Å². The minimum absolute atomic E-state index is 0.0746. The lowest BCUT2D eigenvalue weighted by Crippen LogP contribution is -2.43. The number of likely N-dealkylation sites (tertiary alicyclic amines) is 2. The van der Waals surface area contributed by atoms with Crippen LogP contribution in [0.5, 0.6) is 0 Å². The molecule has 1 N–H and O–H groups in total. The average molecular weight is 253 g/mol. The third kappa shape index (κ3) is 3.23. The zero-order valence-electron chi connectivity index (χ0n) is 12.0. The van der Waals surface area contributed by atoms with Crippen LogP contribution < -0.4 is 5.32 Å². The fourth-order valence-corrected chi connectivity index (χ4v) is 3.06. The summed E-state index contributed by atoms with van der Waals surface area (Å²) in [7, 11) is 1.90. The molecule has 2 rings (SSSR count). The van der Waals surface area contributed by atoms with Gasteiger partial charge < -0.3 is 15.1 Å². The normalized spacial score (nSPS) is 31.1. The van der Waals surface area contributed by atoms with Gasteiger partial charge in [-0.25, -0.2) is 0 Å². The first-order valence-electron chi connectivity index (χ1n) is 7.33. The number of carbonyl (C=O) groups excluding carboxylic acids is 1. The van der Waals surface area contributed by atoms with Crippen molar-refractivity contribution < 1.29 is 4.79 Å². The van der Waals surface area contributed by atoms with Crippen molar-refractivity contribution in [1.29, 1.82) is 0 Å². The Bertz CT molecular complexity index is 293. The van der Waals surface area contributed by atoms with Crippen LogP contribution in [0.15, 0.2) is 0 Å². The number of hydrogen-bond acceptors (Lipinski definition) is 3. The highest BCUT2D eigenvalue weighted by atomic mass is 16.2. The fourth-order valence-electron chi connectivity index (χ4n) is 3.06. The molecular formula is C14H27N3O. The zero-order valence-corrected chi connectivity index (χ0v) is 12.0. The van der Waals surface area contributed by atoms with E-state index in [1.165, 1.54) is 25.8 Å². The Morgan fingerprint density at radius 1 is 1.17 bits per heavy atom. The van der Waals surface area contributed by atoms with E-state index in [4.69, 9.17) is 0 Å². The molecule has 0 aromatic heterocycles. The molecule has 0 bridgehead atoms. The highest BCUT2D eigenvalue weighted by molar-refractivity contribution is 5.83. The highest BCUT2D eigenvalue weighted by Gasteiger charge is 2.31. The predicted octanol–water partition coefficient (Wildman–Crippen LogP) is 1.07. The van der Waals surface area contributed by atoms with E-state index in [1.54, 1.807) is 0 Å². The Balaban J connectivity index is 1.82. The van der Waals surface area contributed by atoms with E-state index in [9.17, 15) is 4.79 Å². The second kappa shape index (κ2) is 6.02. The molecule has 1 amide bonds. The highest BCUT2D eigenvalue weighted by Crippen LogP contribution is 2.16. The maximum atomic E-state index is 11.9. The van der Waals surface area contributed by atoms with Gasteiger partial charge in [-0.1, -0.05) is 0 Å². The molecule has 2 aliphatic rings. The van der Waals surface area contributed by atoms with Gasteiger partial charge in [0, 0.05) is 25.7 Å². The summed E-state index contributed by atoms with van der Waals surface area (Å²) < 4.78 is 0. The van der Waals surface area contributed by atoms with E-state index in [1.807, 2.05) is 11.9 Å². The molecule has 2 fully saturated rings. The Hall–Kier alpha value is -0.610. The monoisotopic (exact) mass is 253 g/mol. The summed E-state index contributed by atoms with van der Waals surface area (Å²) in [5.41, 5.74) is 0. The second-order valence-corrected chi connectivity index (χ2v) is 6.03. The largest absolute Gasteiger partial charge is 0.344 e. The number of rotatable bonds is 3. The minimum Gasteiger partial charge on any atom is -0.344 e. The van der Waals surface area contributed by atoms with Crippen LogP contribution in [0.25, 0.3) is 0 Å². The zero-order chi connectivity index (χ0) is 13.1. The number of amides is 1.